The zero-order valence-electron chi connectivity index (χ0n) is 10.2. The molecular weight excluding hydrogens is 273 g/mol. The third kappa shape index (κ3) is 3.78. The van der Waals surface area contributed by atoms with E-state index in [1.54, 1.807) is 12.1 Å². The van der Waals surface area contributed by atoms with Gasteiger partial charge >= 0.3 is 12.2 Å². The van der Waals surface area contributed by atoms with Crippen molar-refractivity contribution in [1.29, 1.82) is 0 Å². The Morgan fingerprint density at radius 2 is 1.85 bits per heavy atom. The van der Waals surface area contributed by atoms with Crippen LogP contribution in [0.3, 0.4) is 0 Å². The lowest BCUT2D eigenvalue weighted by Crippen LogP contribution is -2.28. The van der Waals surface area contributed by atoms with Crippen molar-refractivity contribution in [3.8, 4) is 0 Å². The van der Waals surface area contributed by atoms with Gasteiger partial charge in [0.2, 0.25) is 0 Å². The van der Waals surface area contributed by atoms with Crippen molar-refractivity contribution in [2.24, 2.45) is 0 Å². The highest BCUT2D eigenvalue weighted by atomic mass is 19.4. The molecule has 0 radical (unpaired) electrons. The van der Waals surface area contributed by atoms with E-state index in [0.717, 1.165) is 12.1 Å². The average Bonchev–Trinajstić information content (AvgIpc) is 2.89. The Kier molecular flexibility index (Phi) is 3.97. The molecule has 0 saturated heterocycles. The Hall–Kier alpha value is -2.44. The van der Waals surface area contributed by atoms with E-state index in [1.165, 1.54) is 18.4 Å². The van der Waals surface area contributed by atoms with Gasteiger partial charge in [-0.1, -0.05) is 0 Å². The van der Waals surface area contributed by atoms with Gasteiger partial charge in [-0.25, -0.2) is 4.79 Å². The van der Waals surface area contributed by atoms with Gasteiger partial charge in [-0.2, -0.15) is 13.2 Å². The fourth-order valence-electron chi connectivity index (χ4n) is 1.50. The number of hydrogen-bond donors (Lipinski definition) is 2. The van der Waals surface area contributed by atoms with Crippen LogP contribution < -0.4 is 10.6 Å². The topological polar surface area (TPSA) is 54.3 Å². The molecule has 106 valence electrons. The molecule has 7 heteroatoms. The van der Waals surface area contributed by atoms with Crippen LogP contribution in [0.25, 0.3) is 0 Å². The van der Waals surface area contributed by atoms with Crippen LogP contribution in [0.1, 0.15) is 11.3 Å². The molecule has 0 atom stereocenters. The van der Waals surface area contributed by atoms with Gasteiger partial charge in [-0.05, 0) is 36.4 Å². The molecule has 2 amide bonds. The molecule has 0 fully saturated rings. The molecule has 1 heterocycles. The summed E-state index contributed by atoms with van der Waals surface area (Å²) in [4.78, 5) is 11.5. The first-order chi connectivity index (χ1) is 9.45. The van der Waals surface area contributed by atoms with Crippen molar-refractivity contribution < 1.29 is 22.4 Å². The van der Waals surface area contributed by atoms with Crippen molar-refractivity contribution in [1.82, 2.24) is 5.32 Å². The second kappa shape index (κ2) is 5.68. The summed E-state index contributed by atoms with van der Waals surface area (Å²) in [6, 6.07) is 7.04. The fraction of sp³-hybridized carbons (Fsp3) is 0.154. The SMILES string of the molecule is O=C(NCc1ccco1)Nc1ccc(C(F)(F)F)cc1. The van der Waals surface area contributed by atoms with Gasteiger partial charge in [-0.15, -0.1) is 0 Å². The van der Waals surface area contributed by atoms with Crippen molar-refractivity contribution in [2.75, 3.05) is 5.32 Å². The summed E-state index contributed by atoms with van der Waals surface area (Å²) in [6.45, 7) is 0.194. The van der Waals surface area contributed by atoms with Crippen LogP contribution in [-0.2, 0) is 12.7 Å². The zero-order chi connectivity index (χ0) is 14.6. The highest BCUT2D eigenvalue weighted by Gasteiger charge is 2.29. The van der Waals surface area contributed by atoms with Crippen LogP contribution in [-0.4, -0.2) is 6.03 Å². The van der Waals surface area contributed by atoms with Crippen molar-refractivity contribution >= 4 is 11.7 Å². The molecule has 2 aromatic rings. The minimum Gasteiger partial charge on any atom is -0.467 e. The van der Waals surface area contributed by atoms with Crippen molar-refractivity contribution in [2.45, 2.75) is 12.7 Å². The van der Waals surface area contributed by atoms with Gasteiger partial charge < -0.3 is 15.1 Å². The largest absolute Gasteiger partial charge is 0.467 e. The number of carbonyl (C=O) groups excluding carboxylic acids is 1. The molecule has 4 nitrogen and oxygen atoms in total. The smallest absolute Gasteiger partial charge is 0.416 e. The molecule has 1 aromatic carbocycles. The van der Waals surface area contributed by atoms with E-state index in [0.29, 0.717) is 5.76 Å². The molecule has 2 rings (SSSR count). The van der Waals surface area contributed by atoms with E-state index < -0.39 is 17.8 Å². The van der Waals surface area contributed by atoms with Gasteiger partial charge in [0.05, 0.1) is 18.4 Å². The number of rotatable bonds is 3. The zero-order valence-corrected chi connectivity index (χ0v) is 10.2. The minimum absolute atomic E-state index is 0.194. The summed E-state index contributed by atoms with van der Waals surface area (Å²) >= 11 is 0. The number of carbonyl (C=O) groups is 1. The number of furan rings is 1. The molecule has 0 saturated carbocycles. The number of anilines is 1. The Morgan fingerprint density at radius 3 is 2.40 bits per heavy atom. The number of benzene rings is 1. The highest BCUT2D eigenvalue weighted by Crippen LogP contribution is 2.29. The van der Waals surface area contributed by atoms with E-state index in [2.05, 4.69) is 10.6 Å². The third-order valence-corrected chi connectivity index (χ3v) is 2.47. The Balaban J connectivity index is 1.88. The monoisotopic (exact) mass is 284 g/mol. The standard InChI is InChI=1S/C13H11F3N2O2/c14-13(15,16)9-3-5-10(6-4-9)18-12(19)17-8-11-2-1-7-20-11/h1-7H,8H2,(H2,17,18,19). The van der Waals surface area contributed by atoms with E-state index in [4.69, 9.17) is 4.42 Å². The van der Waals surface area contributed by atoms with Gasteiger partial charge in [-0.3, -0.25) is 0 Å². The molecule has 2 N–H and O–H groups in total. The number of nitrogens with one attached hydrogen (secondary N) is 2. The van der Waals surface area contributed by atoms with Crippen LogP contribution in [0, 0.1) is 0 Å². The lowest BCUT2D eigenvalue weighted by Gasteiger charge is -2.09. The number of hydrogen-bond acceptors (Lipinski definition) is 2. The maximum Gasteiger partial charge on any atom is 0.416 e. The number of urea groups is 1. The number of halogens is 3. The summed E-state index contributed by atoms with van der Waals surface area (Å²) in [5.74, 6) is 0.576. The minimum atomic E-state index is -4.39. The average molecular weight is 284 g/mol. The third-order valence-electron chi connectivity index (χ3n) is 2.47. The first-order valence-electron chi connectivity index (χ1n) is 5.69. The predicted octanol–water partition coefficient (Wildman–Crippen LogP) is 3.62. The van der Waals surface area contributed by atoms with Crippen LogP contribution >= 0.6 is 0 Å². The number of alkyl halides is 3. The molecule has 0 unspecified atom stereocenters. The maximum atomic E-state index is 12.3. The molecule has 0 aliphatic carbocycles. The first kappa shape index (κ1) is 14.0. The van der Waals surface area contributed by atoms with Crippen LogP contribution in [0.5, 0.6) is 0 Å². The fourth-order valence-corrected chi connectivity index (χ4v) is 1.50. The lowest BCUT2D eigenvalue weighted by atomic mass is 10.2. The van der Waals surface area contributed by atoms with E-state index >= 15 is 0 Å². The highest BCUT2D eigenvalue weighted by molar-refractivity contribution is 5.89. The molecule has 1 aromatic heterocycles. The summed E-state index contributed by atoms with van der Waals surface area (Å²) in [5, 5.41) is 4.94. The van der Waals surface area contributed by atoms with Crippen molar-refractivity contribution in [3.05, 3.63) is 54.0 Å². The lowest BCUT2D eigenvalue weighted by molar-refractivity contribution is -0.137. The summed E-state index contributed by atoms with van der Waals surface area (Å²) in [7, 11) is 0. The van der Waals surface area contributed by atoms with Gasteiger partial charge in [0.1, 0.15) is 5.76 Å². The molecular formula is C13H11F3N2O2. The van der Waals surface area contributed by atoms with Gasteiger partial charge in [0, 0.05) is 5.69 Å². The Labute approximate surface area is 112 Å². The normalized spacial score (nSPS) is 11.2. The molecule has 0 spiro atoms. The first-order valence-corrected chi connectivity index (χ1v) is 5.69. The van der Waals surface area contributed by atoms with Gasteiger partial charge in [0.25, 0.3) is 0 Å². The van der Waals surface area contributed by atoms with Crippen molar-refractivity contribution in [3.63, 3.8) is 0 Å². The molecule has 20 heavy (non-hydrogen) atoms. The number of amides is 2. The van der Waals surface area contributed by atoms with Crippen LogP contribution in [0.15, 0.2) is 47.1 Å². The maximum absolute atomic E-state index is 12.3. The summed E-state index contributed by atoms with van der Waals surface area (Å²) in [6.07, 6.45) is -2.91. The molecule has 0 bridgehead atoms. The molecule has 0 aliphatic heterocycles. The van der Waals surface area contributed by atoms with E-state index in [9.17, 15) is 18.0 Å². The second-order valence-corrected chi connectivity index (χ2v) is 3.96. The van der Waals surface area contributed by atoms with E-state index in [1.807, 2.05) is 0 Å². The van der Waals surface area contributed by atoms with Gasteiger partial charge in [0.15, 0.2) is 0 Å². The van der Waals surface area contributed by atoms with E-state index in [-0.39, 0.29) is 12.2 Å². The Bertz CT molecular complexity index is 562. The molecule has 0 aliphatic rings. The Morgan fingerprint density at radius 1 is 1.15 bits per heavy atom. The summed E-state index contributed by atoms with van der Waals surface area (Å²) < 4.78 is 42.1. The van der Waals surface area contributed by atoms with Crippen LogP contribution in [0.2, 0.25) is 0 Å². The second-order valence-electron chi connectivity index (χ2n) is 3.96. The predicted molar refractivity (Wildman–Crippen MR) is 66.0 cm³/mol. The quantitative estimate of drug-likeness (QED) is 0.904. The van der Waals surface area contributed by atoms with Crippen LogP contribution in [0.4, 0.5) is 23.7 Å². The summed E-state index contributed by atoms with van der Waals surface area (Å²) in [5.41, 5.74) is -0.492.